The number of aromatic nitrogens is 2. The summed E-state index contributed by atoms with van der Waals surface area (Å²) in [4.78, 5) is 3.97. The Kier molecular flexibility index (Phi) is 18.1. The van der Waals surface area contributed by atoms with E-state index in [9.17, 15) is 0 Å². The number of rotatable bonds is 7. The molecular formula is C29H53N10+. The lowest BCUT2D eigenvalue weighted by atomic mass is 10.2. The van der Waals surface area contributed by atoms with E-state index in [0.29, 0.717) is 0 Å². The lowest BCUT2D eigenvalue weighted by molar-refractivity contribution is -0.683. The molecule has 0 spiro atoms. The molecule has 2 heterocycles. The SMILES string of the molecule is C=[N+](C)C(C)=C(C)[N-]C.C=[N+](C)N(C)C(C)=NC.C=[N+](C)[C-](C)[c-]1ccc[n+]1C.C=[N+](C)[N-]c1cccn1C. The highest BCUT2D eigenvalue weighted by Crippen LogP contribution is 2.15. The van der Waals surface area contributed by atoms with Gasteiger partial charge in [-0.2, -0.15) is 4.68 Å². The number of hydrogen-bond donors (Lipinski definition) is 0. The molecule has 0 fully saturated rings. The van der Waals surface area contributed by atoms with E-state index < -0.39 is 0 Å². The van der Waals surface area contributed by atoms with Crippen molar-refractivity contribution in [3.63, 3.8) is 0 Å². The monoisotopic (exact) mass is 541 g/mol. The van der Waals surface area contributed by atoms with Gasteiger partial charge in [-0.1, -0.05) is 38.0 Å². The van der Waals surface area contributed by atoms with Crippen LogP contribution in [0.4, 0.5) is 5.82 Å². The van der Waals surface area contributed by atoms with E-state index in [1.54, 1.807) is 25.8 Å². The smallest absolute Gasteiger partial charge is 0.161 e. The number of aliphatic imine (C=N–C) groups is 1. The highest BCUT2D eigenvalue weighted by Gasteiger charge is 2.07. The van der Waals surface area contributed by atoms with Crippen molar-refractivity contribution in [2.75, 3.05) is 49.3 Å². The Morgan fingerprint density at radius 3 is 1.92 bits per heavy atom. The van der Waals surface area contributed by atoms with Gasteiger partial charge < -0.3 is 19.0 Å². The standard InChI is InChI=1S/C9H14N2.C7H11N3.C7H14N2.C6H14N3/c1-8(10(2)3)9-6-5-7-11(9)4;1-9(2)8-7-5-4-6-10(7)3;1-6(8-3)7(2)9(4)5;1-6(7-2)9(5)8(3)4/h5-7H,2H2,1,3-4H3;4-6H,1H2,2-3H3;4H2,1-3,5H3;3H2,1-2,4-5H3/q;;;+1. The van der Waals surface area contributed by atoms with E-state index in [-0.39, 0.29) is 0 Å². The van der Waals surface area contributed by atoms with Crippen LogP contribution in [0, 0.1) is 6.04 Å². The molecule has 2 rings (SSSR count). The van der Waals surface area contributed by atoms with Crippen LogP contribution in [0.2, 0.25) is 0 Å². The molecule has 0 saturated carbocycles. The molecule has 0 bridgehead atoms. The number of allylic oxidation sites excluding steroid dienone is 2. The largest absolute Gasteiger partial charge is 0.686 e. The first-order chi connectivity index (χ1) is 18.0. The minimum Gasteiger partial charge on any atom is -0.686 e. The molecule has 0 aliphatic rings. The maximum absolute atomic E-state index is 4.10. The second kappa shape index (κ2) is 19.1. The summed E-state index contributed by atoms with van der Waals surface area (Å²) in [5.41, 5.74) is 7.46. The number of hydrogen-bond acceptors (Lipinski definition) is 1. The summed E-state index contributed by atoms with van der Waals surface area (Å²) in [6.45, 7) is 22.8. The Morgan fingerprint density at radius 1 is 1.10 bits per heavy atom. The Morgan fingerprint density at radius 2 is 1.67 bits per heavy atom. The molecule has 0 atom stereocenters. The molecule has 0 saturated heterocycles. The molecule has 39 heavy (non-hydrogen) atoms. The van der Waals surface area contributed by atoms with E-state index in [4.69, 9.17) is 0 Å². The molecule has 218 valence electrons. The third kappa shape index (κ3) is 15.1. The number of hydrazone groups is 1. The normalized spacial score (nSPS) is 10.6. The second-order valence-corrected chi connectivity index (χ2v) is 9.07. The van der Waals surface area contributed by atoms with Crippen molar-refractivity contribution in [1.82, 2.24) is 9.58 Å². The van der Waals surface area contributed by atoms with Crippen LogP contribution in [0.5, 0.6) is 0 Å². The zero-order chi connectivity index (χ0) is 30.9. The highest BCUT2D eigenvalue weighted by atomic mass is 15.5. The minimum atomic E-state index is 0.914. The molecule has 0 amide bonds. The van der Waals surface area contributed by atoms with Crippen LogP contribution in [-0.2, 0) is 14.1 Å². The van der Waals surface area contributed by atoms with Crippen LogP contribution in [0.1, 0.15) is 33.4 Å². The van der Waals surface area contributed by atoms with E-state index in [0.717, 1.165) is 23.0 Å². The van der Waals surface area contributed by atoms with Gasteiger partial charge in [0.15, 0.2) is 25.3 Å². The van der Waals surface area contributed by atoms with Gasteiger partial charge in [-0.3, -0.25) is 4.99 Å². The topological polar surface area (TPSA) is 64.7 Å². The molecule has 10 heteroatoms. The third-order valence-corrected chi connectivity index (χ3v) is 5.81. The van der Waals surface area contributed by atoms with Crippen molar-refractivity contribution >= 4 is 38.5 Å². The van der Waals surface area contributed by atoms with Crippen LogP contribution in [-0.4, -0.2) is 110 Å². The zero-order valence-electron chi connectivity index (χ0n) is 26.8. The van der Waals surface area contributed by atoms with Crippen molar-refractivity contribution < 1.29 is 23.1 Å². The molecule has 0 unspecified atom stereocenters. The summed E-state index contributed by atoms with van der Waals surface area (Å²) >= 11 is 0. The van der Waals surface area contributed by atoms with Gasteiger partial charge in [0.25, 0.3) is 0 Å². The van der Waals surface area contributed by atoms with Gasteiger partial charge in [0, 0.05) is 32.7 Å². The van der Waals surface area contributed by atoms with Gasteiger partial charge in [0.05, 0.1) is 18.8 Å². The molecule has 0 aromatic carbocycles. The van der Waals surface area contributed by atoms with Crippen molar-refractivity contribution in [1.29, 1.82) is 0 Å². The fraction of sp³-hybridized carbons (Fsp3) is 0.448. The summed E-state index contributed by atoms with van der Waals surface area (Å²) in [6, 6.07) is 9.17. The Bertz CT molecular complexity index is 1130. The van der Waals surface area contributed by atoms with Gasteiger partial charge in [-0.15, -0.1) is 16.7 Å². The number of hydrazine groups is 1. The van der Waals surface area contributed by atoms with Crippen molar-refractivity contribution in [3.05, 3.63) is 70.5 Å². The minimum absolute atomic E-state index is 0.914. The van der Waals surface area contributed by atoms with Gasteiger partial charge in [0.2, 0.25) is 0 Å². The van der Waals surface area contributed by atoms with Crippen LogP contribution in [0.3, 0.4) is 0 Å². The van der Waals surface area contributed by atoms with Gasteiger partial charge in [-0.25, -0.2) is 22.1 Å². The van der Waals surface area contributed by atoms with Crippen molar-refractivity contribution in [3.8, 4) is 0 Å². The average molecular weight is 542 g/mol. The fourth-order valence-corrected chi connectivity index (χ4v) is 2.59. The lowest BCUT2D eigenvalue weighted by Crippen LogP contribution is -2.33. The maximum atomic E-state index is 4.10. The van der Waals surface area contributed by atoms with E-state index >= 15 is 0 Å². The van der Waals surface area contributed by atoms with Crippen molar-refractivity contribution in [2.24, 2.45) is 19.1 Å². The van der Waals surface area contributed by atoms with Crippen LogP contribution in [0.15, 0.2) is 53.0 Å². The van der Waals surface area contributed by atoms with Crippen LogP contribution >= 0.6 is 0 Å². The molecule has 2 aromatic rings. The molecular weight excluding hydrogens is 488 g/mol. The highest BCUT2D eigenvalue weighted by molar-refractivity contribution is 5.78. The lowest BCUT2D eigenvalue weighted by Gasteiger charge is -2.13. The van der Waals surface area contributed by atoms with E-state index in [2.05, 4.69) is 60.2 Å². The second-order valence-electron chi connectivity index (χ2n) is 9.07. The molecule has 0 N–H and O–H groups in total. The molecule has 0 radical (unpaired) electrons. The first-order valence-corrected chi connectivity index (χ1v) is 12.4. The van der Waals surface area contributed by atoms with Gasteiger partial charge >= 0.3 is 0 Å². The maximum Gasteiger partial charge on any atom is 0.161 e. The first kappa shape index (κ1) is 37.1. The molecule has 2 aromatic heterocycles. The molecule has 0 aliphatic heterocycles. The molecule has 10 nitrogen and oxygen atoms in total. The zero-order valence-corrected chi connectivity index (χ0v) is 26.8. The van der Waals surface area contributed by atoms with E-state index in [1.165, 1.54) is 16.4 Å². The van der Waals surface area contributed by atoms with Gasteiger partial charge in [-0.05, 0) is 13.8 Å². The fourth-order valence-electron chi connectivity index (χ4n) is 2.59. The van der Waals surface area contributed by atoms with Gasteiger partial charge in [0.1, 0.15) is 41.6 Å². The summed E-state index contributed by atoms with van der Waals surface area (Å²) in [5.74, 6) is 1.87. The number of aryl methyl sites for hydroxylation is 2. The Hall–Kier alpha value is -4.08. The van der Waals surface area contributed by atoms with Crippen molar-refractivity contribution in [2.45, 2.75) is 27.7 Å². The quantitative estimate of drug-likeness (QED) is 0.174. The Balaban J connectivity index is 0. The van der Waals surface area contributed by atoms with E-state index in [1.807, 2.05) is 112 Å². The molecule has 0 aliphatic carbocycles. The van der Waals surface area contributed by atoms with Crippen LogP contribution < -0.4 is 4.57 Å². The summed E-state index contributed by atoms with van der Waals surface area (Å²) < 4.78 is 11.0. The summed E-state index contributed by atoms with van der Waals surface area (Å²) in [7, 11) is 17.0. The Labute approximate surface area is 237 Å². The predicted octanol–water partition coefficient (Wildman–Crippen LogP) is 3.57. The number of nitrogens with zero attached hydrogens (tertiary/aromatic N) is 10. The summed E-state index contributed by atoms with van der Waals surface area (Å²) in [5, 5.41) is 5.87. The summed E-state index contributed by atoms with van der Waals surface area (Å²) in [6.07, 6.45) is 3.98. The predicted molar refractivity (Wildman–Crippen MR) is 167 cm³/mol. The first-order valence-electron chi connectivity index (χ1n) is 12.4. The van der Waals surface area contributed by atoms with Crippen LogP contribution in [0.25, 0.3) is 10.7 Å². The number of amidine groups is 1. The third-order valence-electron chi connectivity index (χ3n) is 5.81. The average Bonchev–Trinajstić information content (AvgIpc) is 3.49.